The predicted molar refractivity (Wildman–Crippen MR) is 86.5 cm³/mol. The molecule has 2 unspecified atom stereocenters. The number of aromatic nitrogens is 1. The lowest BCUT2D eigenvalue weighted by molar-refractivity contribution is 0.00932. The van der Waals surface area contributed by atoms with Crippen molar-refractivity contribution in [1.29, 1.82) is 0 Å². The molecule has 1 amide bonds. The largest absolute Gasteiger partial charge is 0.444 e. The van der Waals surface area contributed by atoms with Gasteiger partial charge in [-0.1, -0.05) is 0 Å². The zero-order chi connectivity index (χ0) is 16.2. The lowest BCUT2D eigenvalue weighted by atomic mass is 9.98. The highest BCUT2D eigenvalue weighted by Crippen LogP contribution is 2.20. The van der Waals surface area contributed by atoms with Crippen LogP contribution >= 0.6 is 0 Å². The number of hydrogen-bond acceptors (Lipinski definition) is 4. The van der Waals surface area contributed by atoms with E-state index in [2.05, 4.69) is 17.2 Å². The third kappa shape index (κ3) is 4.98. The molecular weight excluding hydrogens is 278 g/mol. The van der Waals surface area contributed by atoms with Gasteiger partial charge in [0.1, 0.15) is 5.60 Å². The van der Waals surface area contributed by atoms with Crippen LogP contribution in [0, 0.1) is 0 Å². The Kier molecular flexibility index (Phi) is 5.40. The topological polar surface area (TPSA) is 54.5 Å². The second-order valence-electron chi connectivity index (χ2n) is 6.98. The normalized spacial score (nSPS) is 22.5. The van der Waals surface area contributed by atoms with Crippen LogP contribution in [0.3, 0.4) is 0 Å². The molecule has 1 aliphatic heterocycles. The SMILES string of the molecule is CC1CC(NCc2ccncc2)CCN1C(=O)OC(C)(C)C. The van der Waals surface area contributed by atoms with Crippen molar-refractivity contribution < 1.29 is 9.53 Å². The number of ether oxygens (including phenoxy) is 1. The number of likely N-dealkylation sites (tertiary alicyclic amines) is 1. The van der Waals surface area contributed by atoms with Gasteiger partial charge in [0, 0.05) is 37.6 Å². The van der Waals surface area contributed by atoms with Crippen LogP contribution in [0.25, 0.3) is 0 Å². The molecule has 1 saturated heterocycles. The standard InChI is InChI=1S/C17H27N3O2/c1-13-11-15(19-12-14-5-8-18-9-6-14)7-10-20(13)16(21)22-17(2,3)4/h5-6,8-9,13,15,19H,7,10-12H2,1-4H3. The smallest absolute Gasteiger partial charge is 0.410 e. The van der Waals surface area contributed by atoms with Crippen LogP contribution in [0.15, 0.2) is 24.5 Å². The van der Waals surface area contributed by atoms with Gasteiger partial charge >= 0.3 is 6.09 Å². The number of carbonyl (C=O) groups is 1. The molecule has 0 radical (unpaired) electrons. The van der Waals surface area contributed by atoms with Gasteiger partial charge in [0.2, 0.25) is 0 Å². The van der Waals surface area contributed by atoms with Crippen molar-refractivity contribution >= 4 is 6.09 Å². The van der Waals surface area contributed by atoms with Crippen LogP contribution in [0.4, 0.5) is 4.79 Å². The maximum atomic E-state index is 12.2. The van der Waals surface area contributed by atoms with E-state index in [1.165, 1.54) is 5.56 Å². The van der Waals surface area contributed by atoms with Crippen molar-refractivity contribution in [2.45, 2.75) is 64.8 Å². The summed E-state index contributed by atoms with van der Waals surface area (Å²) in [6, 6.07) is 4.67. The Hall–Kier alpha value is -1.62. The summed E-state index contributed by atoms with van der Waals surface area (Å²) in [5.74, 6) is 0. The van der Waals surface area contributed by atoms with Gasteiger partial charge in [-0.15, -0.1) is 0 Å². The van der Waals surface area contributed by atoms with E-state index in [4.69, 9.17) is 4.74 Å². The first-order valence-electron chi connectivity index (χ1n) is 7.97. The first kappa shape index (κ1) is 16.7. The van der Waals surface area contributed by atoms with Crippen molar-refractivity contribution in [2.24, 2.45) is 0 Å². The fourth-order valence-corrected chi connectivity index (χ4v) is 2.71. The van der Waals surface area contributed by atoms with Gasteiger partial charge in [0.25, 0.3) is 0 Å². The van der Waals surface area contributed by atoms with Gasteiger partial charge in [0.15, 0.2) is 0 Å². The molecule has 2 rings (SSSR count). The molecule has 1 aliphatic rings. The van der Waals surface area contributed by atoms with E-state index in [-0.39, 0.29) is 12.1 Å². The molecule has 0 bridgehead atoms. The molecule has 1 fully saturated rings. The van der Waals surface area contributed by atoms with E-state index < -0.39 is 5.60 Å². The van der Waals surface area contributed by atoms with E-state index in [1.54, 1.807) is 0 Å². The molecule has 5 nitrogen and oxygen atoms in total. The van der Waals surface area contributed by atoms with Crippen LogP contribution in [0.1, 0.15) is 46.1 Å². The van der Waals surface area contributed by atoms with E-state index in [9.17, 15) is 4.79 Å². The molecule has 2 atom stereocenters. The molecule has 0 aromatic carbocycles. The van der Waals surface area contributed by atoms with Crippen LogP contribution < -0.4 is 5.32 Å². The van der Waals surface area contributed by atoms with Gasteiger partial charge in [-0.05, 0) is 58.2 Å². The number of hydrogen-bond donors (Lipinski definition) is 1. The van der Waals surface area contributed by atoms with E-state index in [1.807, 2.05) is 50.2 Å². The van der Waals surface area contributed by atoms with Crippen LogP contribution in [-0.4, -0.2) is 40.2 Å². The van der Waals surface area contributed by atoms with E-state index in [0.717, 1.165) is 25.9 Å². The fraction of sp³-hybridized carbons (Fsp3) is 0.647. The molecular formula is C17H27N3O2. The van der Waals surface area contributed by atoms with Crippen LogP contribution in [0.2, 0.25) is 0 Å². The van der Waals surface area contributed by atoms with E-state index >= 15 is 0 Å². The number of carbonyl (C=O) groups excluding carboxylic acids is 1. The summed E-state index contributed by atoms with van der Waals surface area (Å²) in [7, 11) is 0. The number of nitrogens with one attached hydrogen (secondary N) is 1. The predicted octanol–water partition coefficient (Wildman–Crippen LogP) is 2.96. The van der Waals surface area contributed by atoms with Gasteiger partial charge in [-0.2, -0.15) is 0 Å². The summed E-state index contributed by atoms with van der Waals surface area (Å²) < 4.78 is 5.47. The number of pyridine rings is 1. The van der Waals surface area contributed by atoms with Crippen LogP contribution in [0.5, 0.6) is 0 Å². The van der Waals surface area contributed by atoms with Crippen LogP contribution in [-0.2, 0) is 11.3 Å². The maximum Gasteiger partial charge on any atom is 0.410 e. The number of rotatable bonds is 3. The van der Waals surface area contributed by atoms with Crippen molar-refractivity contribution in [3.63, 3.8) is 0 Å². The van der Waals surface area contributed by atoms with Crippen molar-refractivity contribution in [3.05, 3.63) is 30.1 Å². The third-order valence-corrected chi connectivity index (χ3v) is 3.85. The number of amides is 1. The Morgan fingerprint density at radius 2 is 2.09 bits per heavy atom. The third-order valence-electron chi connectivity index (χ3n) is 3.85. The Labute approximate surface area is 133 Å². The molecule has 22 heavy (non-hydrogen) atoms. The summed E-state index contributed by atoms with van der Waals surface area (Å²) >= 11 is 0. The molecule has 0 spiro atoms. The average molecular weight is 305 g/mol. The summed E-state index contributed by atoms with van der Waals surface area (Å²) in [5, 5.41) is 3.57. The highest BCUT2D eigenvalue weighted by Gasteiger charge is 2.31. The fourth-order valence-electron chi connectivity index (χ4n) is 2.71. The second-order valence-corrected chi connectivity index (χ2v) is 6.98. The first-order chi connectivity index (χ1) is 10.3. The zero-order valence-electron chi connectivity index (χ0n) is 14.0. The lowest BCUT2D eigenvalue weighted by Crippen LogP contribution is -2.50. The number of piperidine rings is 1. The van der Waals surface area contributed by atoms with Gasteiger partial charge in [-0.3, -0.25) is 4.98 Å². The average Bonchev–Trinajstić information content (AvgIpc) is 2.44. The minimum atomic E-state index is -0.437. The lowest BCUT2D eigenvalue weighted by Gasteiger charge is -2.38. The first-order valence-corrected chi connectivity index (χ1v) is 7.97. The molecule has 122 valence electrons. The highest BCUT2D eigenvalue weighted by molar-refractivity contribution is 5.68. The summed E-state index contributed by atoms with van der Waals surface area (Å²) in [4.78, 5) is 18.1. The van der Waals surface area contributed by atoms with Crippen molar-refractivity contribution in [3.8, 4) is 0 Å². The van der Waals surface area contributed by atoms with Crippen molar-refractivity contribution in [1.82, 2.24) is 15.2 Å². The molecule has 1 aromatic heterocycles. The highest BCUT2D eigenvalue weighted by atomic mass is 16.6. The van der Waals surface area contributed by atoms with Gasteiger partial charge < -0.3 is 15.0 Å². The van der Waals surface area contributed by atoms with E-state index in [0.29, 0.717) is 6.04 Å². The summed E-state index contributed by atoms with van der Waals surface area (Å²) in [6.45, 7) is 9.37. The van der Waals surface area contributed by atoms with Gasteiger partial charge in [0.05, 0.1) is 0 Å². The maximum absolute atomic E-state index is 12.2. The Bertz CT molecular complexity index is 484. The molecule has 0 saturated carbocycles. The second kappa shape index (κ2) is 7.09. The molecule has 2 heterocycles. The molecule has 0 aliphatic carbocycles. The minimum absolute atomic E-state index is 0.193. The van der Waals surface area contributed by atoms with Crippen molar-refractivity contribution in [2.75, 3.05) is 6.54 Å². The monoisotopic (exact) mass is 305 g/mol. The number of nitrogens with zero attached hydrogens (tertiary/aromatic N) is 2. The summed E-state index contributed by atoms with van der Waals surface area (Å²) in [6.07, 6.45) is 5.32. The van der Waals surface area contributed by atoms with Gasteiger partial charge in [-0.25, -0.2) is 4.79 Å². The minimum Gasteiger partial charge on any atom is -0.444 e. The molecule has 1 N–H and O–H groups in total. The zero-order valence-corrected chi connectivity index (χ0v) is 14.0. The Morgan fingerprint density at radius 1 is 1.41 bits per heavy atom. The quantitative estimate of drug-likeness (QED) is 0.933. The summed E-state index contributed by atoms with van der Waals surface area (Å²) in [5.41, 5.74) is 0.796. The molecule has 1 aromatic rings. The Balaban J connectivity index is 1.81. The Morgan fingerprint density at radius 3 is 2.68 bits per heavy atom. The molecule has 5 heteroatoms.